The highest BCUT2D eigenvalue weighted by atomic mass is 35.5. The summed E-state index contributed by atoms with van der Waals surface area (Å²) in [5.74, 6) is -0.521. The zero-order valence-corrected chi connectivity index (χ0v) is 18.7. The van der Waals surface area contributed by atoms with Crippen LogP contribution in [0.25, 0.3) is 11.3 Å². The number of carbonyl (C=O) groups is 2. The van der Waals surface area contributed by atoms with Gasteiger partial charge in [0.15, 0.2) is 0 Å². The fourth-order valence-corrected chi connectivity index (χ4v) is 2.97. The molecule has 2 heterocycles. The monoisotopic (exact) mass is 438 g/mol. The SMILES string of the molecule is COCC(Cn1cc(-c2nc(Cl)ncc2C)cc1C(=O)OC)NC(=O)OC(C)(C)C. The van der Waals surface area contributed by atoms with Gasteiger partial charge in [0, 0.05) is 31.6 Å². The van der Waals surface area contributed by atoms with Gasteiger partial charge in [0.1, 0.15) is 11.3 Å². The number of carbonyl (C=O) groups excluding carboxylic acids is 2. The van der Waals surface area contributed by atoms with Crippen LogP contribution in [0.1, 0.15) is 36.8 Å². The highest BCUT2D eigenvalue weighted by Crippen LogP contribution is 2.25. The number of alkyl carbamates (subject to hydrolysis) is 1. The zero-order chi connectivity index (χ0) is 22.5. The van der Waals surface area contributed by atoms with Crippen LogP contribution in [0.5, 0.6) is 0 Å². The van der Waals surface area contributed by atoms with E-state index in [-0.39, 0.29) is 18.4 Å². The number of esters is 1. The van der Waals surface area contributed by atoms with Gasteiger partial charge in [-0.1, -0.05) is 0 Å². The Morgan fingerprint density at radius 2 is 2.00 bits per heavy atom. The lowest BCUT2D eigenvalue weighted by Crippen LogP contribution is -2.43. The third-order valence-corrected chi connectivity index (χ3v) is 4.19. The fourth-order valence-electron chi connectivity index (χ4n) is 2.83. The molecular formula is C20H27ClN4O5. The van der Waals surface area contributed by atoms with Gasteiger partial charge in [0.2, 0.25) is 5.28 Å². The summed E-state index contributed by atoms with van der Waals surface area (Å²) in [7, 11) is 2.83. The summed E-state index contributed by atoms with van der Waals surface area (Å²) >= 11 is 5.94. The van der Waals surface area contributed by atoms with Crippen molar-refractivity contribution in [3.05, 3.63) is 35.0 Å². The van der Waals surface area contributed by atoms with E-state index in [9.17, 15) is 9.59 Å². The molecule has 2 aromatic heterocycles. The Kier molecular flexibility index (Phi) is 7.80. The number of methoxy groups -OCH3 is 2. The first-order chi connectivity index (χ1) is 14.0. The number of hydrogen-bond donors (Lipinski definition) is 1. The number of halogens is 1. The lowest BCUT2D eigenvalue weighted by atomic mass is 10.1. The van der Waals surface area contributed by atoms with Crippen molar-refractivity contribution in [3.8, 4) is 11.3 Å². The van der Waals surface area contributed by atoms with Gasteiger partial charge in [-0.05, 0) is 50.9 Å². The molecule has 0 radical (unpaired) electrons. The molecule has 0 bridgehead atoms. The molecule has 0 aliphatic heterocycles. The molecule has 1 unspecified atom stereocenters. The van der Waals surface area contributed by atoms with Crippen molar-refractivity contribution in [2.75, 3.05) is 20.8 Å². The highest BCUT2D eigenvalue weighted by molar-refractivity contribution is 6.28. The third-order valence-electron chi connectivity index (χ3n) is 4.01. The van der Waals surface area contributed by atoms with E-state index in [1.165, 1.54) is 14.2 Å². The maximum absolute atomic E-state index is 12.3. The Morgan fingerprint density at radius 1 is 1.30 bits per heavy atom. The summed E-state index contributed by atoms with van der Waals surface area (Å²) < 4.78 is 17.1. The molecule has 1 atom stereocenters. The smallest absolute Gasteiger partial charge is 0.408 e. The molecule has 10 heteroatoms. The fraction of sp³-hybridized carbons (Fsp3) is 0.500. The van der Waals surface area contributed by atoms with E-state index >= 15 is 0 Å². The predicted molar refractivity (Wildman–Crippen MR) is 112 cm³/mol. The number of aromatic nitrogens is 3. The third kappa shape index (κ3) is 6.43. The predicted octanol–water partition coefficient (Wildman–Crippen LogP) is 3.23. The van der Waals surface area contributed by atoms with Crippen LogP contribution < -0.4 is 5.32 Å². The van der Waals surface area contributed by atoms with Gasteiger partial charge in [-0.25, -0.2) is 19.6 Å². The Hall–Kier alpha value is -2.65. The van der Waals surface area contributed by atoms with Gasteiger partial charge in [-0.2, -0.15) is 0 Å². The van der Waals surface area contributed by atoms with Gasteiger partial charge in [-0.15, -0.1) is 0 Å². The Labute approximate surface area is 180 Å². The molecule has 1 amide bonds. The second-order valence-corrected chi connectivity index (χ2v) is 8.07. The standard InChI is InChI=1S/C20H27ClN4O5/c1-12-8-22-18(21)24-16(12)13-7-15(17(26)29-6)25(9-13)10-14(11-28-5)23-19(27)30-20(2,3)4/h7-9,14H,10-11H2,1-6H3,(H,23,27). The molecule has 0 fully saturated rings. The number of nitrogens with one attached hydrogen (secondary N) is 1. The lowest BCUT2D eigenvalue weighted by molar-refractivity contribution is 0.0459. The first-order valence-corrected chi connectivity index (χ1v) is 9.68. The van der Waals surface area contributed by atoms with E-state index in [4.69, 9.17) is 25.8 Å². The average Bonchev–Trinajstić information content (AvgIpc) is 3.05. The molecular weight excluding hydrogens is 412 g/mol. The highest BCUT2D eigenvalue weighted by Gasteiger charge is 2.23. The summed E-state index contributed by atoms with van der Waals surface area (Å²) in [5, 5.41) is 2.87. The maximum Gasteiger partial charge on any atom is 0.408 e. The van der Waals surface area contributed by atoms with Crippen LogP contribution in [0.4, 0.5) is 4.79 Å². The minimum atomic E-state index is -0.636. The largest absolute Gasteiger partial charge is 0.464 e. The Balaban J connectivity index is 2.35. The molecule has 0 saturated carbocycles. The molecule has 2 aromatic rings. The molecule has 0 saturated heterocycles. The van der Waals surface area contributed by atoms with Gasteiger partial charge in [-0.3, -0.25) is 0 Å². The van der Waals surface area contributed by atoms with Crippen LogP contribution in [0, 0.1) is 6.92 Å². The van der Waals surface area contributed by atoms with E-state index in [2.05, 4.69) is 15.3 Å². The minimum Gasteiger partial charge on any atom is -0.464 e. The van der Waals surface area contributed by atoms with Crippen molar-refractivity contribution in [2.24, 2.45) is 0 Å². The number of nitrogens with zero attached hydrogens (tertiary/aromatic N) is 3. The number of rotatable bonds is 7. The molecule has 0 aliphatic carbocycles. The lowest BCUT2D eigenvalue weighted by Gasteiger charge is -2.24. The summed E-state index contributed by atoms with van der Waals surface area (Å²) in [6.45, 7) is 7.64. The van der Waals surface area contributed by atoms with Gasteiger partial charge in [0.05, 0.1) is 25.5 Å². The van der Waals surface area contributed by atoms with Crippen molar-refractivity contribution >= 4 is 23.7 Å². The summed E-state index contributed by atoms with van der Waals surface area (Å²) in [6, 6.07) is 1.21. The minimum absolute atomic E-state index is 0.104. The van der Waals surface area contributed by atoms with Crippen molar-refractivity contribution in [1.82, 2.24) is 19.9 Å². The van der Waals surface area contributed by atoms with E-state index < -0.39 is 23.7 Å². The van der Waals surface area contributed by atoms with Gasteiger partial charge >= 0.3 is 12.1 Å². The van der Waals surface area contributed by atoms with Crippen LogP contribution in [0.3, 0.4) is 0 Å². The van der Waals surface area contributed by atoms with Crippen molar-refractivity contribution < 1.29 is 23.8 Å². The molecule has 1 N–H and O–H groups in total. The summed E-state index contributed by atoms with van der Waals surface area (Å²) in [4.78, 5) is 32.8. The number of aryl methyl sites for hydroxylation is 1. The molecule has 164 valence electrons. The van der Waals surface area contributed by atoms with Crippen LogP contribution >= 0.6 is 11.6 Å². The van der Waals surface area contributed by atoms with Crippen LogP contribution in [-0.2, 0) is 20.8 Å². The van der Waals surface area contributed by atoms with Crippen LogP contribution in [0.15, 0.2) is 18.5 Å². The summed E-state index contributed by atoms with van der Waals surface area (Å²) in [6.07, 6.45) is 2.78. The van der Waals surface area contributed by atoms with Crippen LogP contribution in [0.2, 0.25) is 5.28 Å². The molecule has 30 heavy (non-hydrogen) atoms. The van der Waals surface area contributed by atoms with Crippen LogP contribution in [-0.4, -0.2) is 59.1 Å². The first kappa shape index (κ1) is 23.6. The Bertz CT molecular complexity index is 907. The second kappa shape index (κ2) is 9.90. The maximum atomic E-state index is 12.3. The quantitative estimate of drug-likeness (QED) is 0.522. The van der Waals surface area contributed by atoms with Crippen molar-refractivity contribution in [3.63, 3.8) is 0 Å². The molecule has 9 nitrogen and oxygen atoms in total. The molecule has 2 rings (SSSR count). The topological polar surface area (TPSA) is 105 Å². The van der Waals surface area contributed by atoms with E-state index in [1.54, 1.807) is 43.8 Å². The molecule has 0 aromatic carbocycles. The molecule has 0 aliphatic rings. The van der Waals surface area contributed by atoms with E-state index in [0.717, 1.165) is 5.56 Å². The van der Waals surface area contributed by atoms with Gasteiger partial charge in [0.25, 0.3) is 0 Å². The van der Waals surface area contributed by atoms with Crippen molar-refractivity contribution in [2.45, 2.75) is 45.9 Å². The number of ether oxygens (including phenoxy) is 3. The zero-order valence-electron chi connectivity index (χ0n) is 18.0. The van der Waals surface area contributed by atoms with E-state index in [1.807, 2.05) is 6.92 Å². The second-order valence-electron chi connectivity index (χ2n) is 7.73. The average molecular weight is 439 g/mol. The summed E-state index contributed by atoms with van der Waals surface area (Å²) in [5.41, 5.74) is 1.73. The van der Waals surface area contributed by atoms with Crippen molar-refractivity contribution in [1.29, 1.82) is 0 Å². The number of amides is 1. The molecule has 0 spiro atoms. The number of hydrogen-bond acceptors (Lipinski definition) is 7. The van der Waals surface area contributed by atoms with Gasteiger partial charge < -0.3 is 24.1 Å². The first-order valence-electron chi connectivity index (χ1n) is 9.30. The van der Waals surface area contributed by atoms with E-state index in [0.29, 0.717) is 17.0 Å². The normalized spacial score (nSPS) is 12.4. The Morgan fingerprint density at radius 3 is 2.60 bits per heavy atom.